The van der Waals surface area contributed by atoms with Gasteiger partial charge in [0, 0.05) is 46.3 Å². The lowest BCUT2D eigenvalue weighted by Gasteiger charge is -2.26. The van der Waals surface area contributed by atoms with E-state index in [1.165, 1.54) is 5.56 Å². The van der Waals surface area contributed by atoms with Crippen molar-refractivity contribution in [2.24, 2.45) is 0 Å². The number of benzene rings is 1. The Balaban J connectivity index is 1.58. The second kappa shape index (κ2) is 7.66. The van der Waals surface area contributed by atoms with Crippen LogP contribution in [0.15, 0.2) is 30.3 Å². The van der Waals surface area contributed by atoms with Crippen LogP contribution in [-0.4, -0.2) is 72.5 Å². The molecule has 1 aromatic rings. The van der Waals surface area contributed by atoms with E-state index in [1.807, 2.05) is 28.0 Å². The van der Waals surface area contributed by atoms with Gasteiger partial charge in [-0.3, -0.25) is 9.69 Å². The van der Waals surface area contributed by atoms with Gasteiger partial charge in [-0.25, -0.2) is 4.79 Å². The van der Waals surface area contributed by atoms with E-state index in [9.17, 15) is 9.59 Å². The maximum absolute atomic E-state index is 12.8. The Morgan fingerprint density at radius 2 is 1.92 bits per heavy atom. The Kier molecular flexibility index (Phi) is 5.35. The summed E-state index contributed by atoms with van der Waals surface area (Å²) in [6.45, 7) is 4.58. The molecule has 2 heterocycles. The van der Waals surface area contributed by atoms with Gasteiger partial charge in [-0.15, -0.1) is 0 Å². The number of nitrogens with one attached hydrogen (secondary N) is 1. The van der Waals surface area contributed by atoms with Gasteiger partial charge in [0.1, 0.15) is 0 Å². The summed E-state index contributed by atoms with van der Waals surface area (Å²) in [5.41, 5.74) is 1.17. The lowest BCUT2D eigenvalue weighted by atomic mass is 10.2. The molecule has 6 heteroatoms. The maximum Gasteiger partial charge on any atom is 0.317 e. The minimum atomic E-state index is -0.0293. The van der Waals surface area contributed by atoms with Crippen LogP contribution in [0.2, 0.25) is 0 Å². The molecule has 0 radical (unpaired) electrons. The van der Waals surface area contributed by atoms with E-state index in [-0.39, 0.29) is 18.0 Å². The second-order valence-electron chi connectivity index (χ2n) is 6.48. The number of hydrogen-bond acceptors (Lipinski definition) is 3. The number of likely N-dealkylation sites (tertiary alicyclic amines) is 1. The molecule has 2 aliphatic rings. The summed E-state index contributed by atoms with van der Waals surface area (Å²) in [5.74, 6) is 0.229. The molecule has 3 rings (SSSR count). The van der Waals surface area contributed by atoms with Gasteiger partial charge in [0.15, 0.2) is 0 Å². The van der Waals surface area contributed by atoms with Crippen LogP contribution in [0.1, 0.15) is 18.4 Å². The van der Waals surface area contributed by atoms with Crippen LogP contribution in [0.3, 0.4) is 0 Å². The minimum absolute atomic E-state index is 0.0275. The van der Waals surface area contributed by atoms with Crippen molar-refractivity contribution in [1.82, 2.24) is 20.0 Å². The molecule has 24 heavy (non-hydrogen) atoms. The molecular weight excluding hydrogens is 304 g/mol. The Labute approximate surface area is 143 Å². The number of carbonyl (C=O) groups is 2. The predicted molar refractivity (Wildman–Crippen MR) is 92.5 cm³/mol. The Hall–Kier alpha value is -2.08. The number of rotatable bonds is 3. The molecule has 6 nitrogen and oxygen atoms in total. The van der Waals surface area contributed by atoms with Gasteiger partial charge in [-0.1, -0.05) is 30.3 Å². The SMILES string of the molecule is CNC(=O)N1CCCN([C@H]2CCN(Cc3ccccc3)C2=O)CC1. The first-order valence-corrected chi connectivity index (χ1v) is 8.72. The summed E-state index contributed by atoms with van der Waals surface area (Å²) in [4.78, 5) is 30.6. The molecule has 0 unspecified atom stereocenters. The largest absolute Gasteiger partial charge is 0.341 e. The van der Waals surface area contributed by atoms with Crippen molar-refractivity contribution < 1.29 is 9.59 Å². The molecule has 1 N–H and O–H groups in total. The van der Waals surface area contributed by atoms with Crippen LogP contribution >= 0.6 is 0 Å². The van der Waals surface area contributed by atoms with E-state index in [0.29, 0.717) is 13.1 Å². The smallest absolute Gasteiger partial charge is 0.317 e. The van der Waals surface area contributed by atoms with Gasteiger partial charge >= 0.3 is 6.03 Å². The third-order valence-electron chi connectivity index (χ3n) is 4.96. The fraction of sp³-hybridized carbons (Fsp3) is 0.556. The maximum atomic E-state index is 12.8. The van der Waals surface area contributed by atoms with Gasteiger partial charge in [0.25, 0.3) is 0 Å². The highest BCUT2D eigenvalue weighted by Crippen LogP contribution is 2.21. The number of amides is 3. The third-order valence-corrected chi connectivity index (χ3v) is 4.96. The molecule has 0 spiro atoms. The first-order valence-electron chi connectivity index (χ1n) is 8.72. The summed E-state index contributed by atoms with van der Waals surface area (Å²) in [5, 5.41) is 2.68. The topological polar surface area (TPSA) is 55.9 Å². The predicted octanol–water partition coefficient (Wildman–Crippen LogP) is 1.13. The minimum Gasteiger partial charge on any atom is -0.341 e. The van der Waals surface area contributed by atoms with Crippen molar-refractivity contribution in [2.75, 3.05) is 39.8 Å². The summed E-state index contributed by atoms with van der Waals surface area (Å²) in [6.07, 6.45) is 1.79. The normalized spacial score (nSPS) is 22.5. The van der Waals surface area contributed by atoms with Crippen molar-refractivity contribution in [3.63, 3.8) is 0 Å². The Morgan fingerprint density at radius 3 is 2.67 bits per heavy atom. The average Bonchev–Trinajstić information content (AvgIpc) is 2.83. The fourth-order valence-electron chi connectivity index (χ4n) is 3.63. The first kappa shape index (κ1) is 16.8. The molecule has 0 bridgehead atoms. The third kappa shape index (κ3) is 3.70. The summed E-state index contributed by atoms with van der Waals surface area (Å²) in [7, 11) is 1.66. The Morgan fingerprint density at radius 1 is 1.12 bits per heavy atom. The lowest BCUT2D eigenvalue weighted by Crippen LogP contribution is -2.44. The van der Waals surface area contributed by atoms with E-state index in [4.69, 9.17) is 0 Å². The van der Waals surface area contributed by atoms with E-state index in [0.717, 1.165) is 39.0 Å². The molecule has 0 aromatic heterocycles. The van der Waals surface area contributed by atoms with Crippen LogP contribution in [0, 0.1) is 0 Å². The van der Waals surface area contributed by atoms with Crippen molar-refractivity contribution in [2.45, 2.75) is 25.4 Å². The molecule has 3 amide bonds. The molecule has 0 saturated carbocycles. The first-order chi connectivity index (χ1) is 11.7. The van der Waals surface area contributed by atoms with Gasteiger partial charge in [0.05, 0.1) is 6.04 Å². The molecule has 2 saturated heterocycles. The average molecular weight is 330 g/mol. The van der Waals surface area contributed by atoms with Crippen LogP contribution < -0.4 is 5.32 Å². The number of carbonyl (C=O) groups excluding carboxylic acids is 2. The van der Waals surface area contributed by atoms with E-state index >= 15 is 0 Å². The molecule has 2 aliphatic heterocycles. The van der Waals surface area contributed by atoms with Crippen LogP contribution in [0.5, 0.6) is 0 Å². The van der Waals surface area contributed by atoms with Crippen molar-refractivity contribution in [1.29, 1.82) is 0 Å². The standard InChI is InChI=1S/C18H26N4O2/c1-19-18(24)21-10-5-9-20(12-13-21)16-8-11-22(17(16)23)14-15-6-3-2-4-7-15/h2-4,6-7,16H,5,8-14H2,1H3,(H,19,24)/t16-/m0/s1. The van der Waals surface area contributed by atoms with E-state index in [1.54, 1.807) is 7.05 Å². The van der Waals surface area contributed by atoms with Gasteiger partial charge in [-0.2, -0.15) is 0 Å². The zero-order valence-electron chi connectivity index (χ0n) is 14.3. The van der Waals surface area contributed by atoms with Crippen molar-refractivity contribution in [3.05, 3.63) is 35.9 Å². The van der Waals surface area contributed by atoms with Crippen LogP contribution in [-0.2, 0) is 11.3 Å². The summed E-state index contributed by atoms with van der Waals surface area (Å²) in [6, 6.07) is 10.1. The fourth-order valence-corrected chi connectivity index (χ4v) is 3.63. The van der Waals surface area contributed by atoms with Gasteiger partial charge < -0.3 is 15.1 Å². The summed E-state index contributed by atoms with van der Waals surface area (Å²) >= 11 is 0. The molecule has 1 aromatic carbocycles. The molecular formula is C18H26N4O2. The second-order valence-corrected chi connectivity index (χ2v) is 6.48. The Bertz CT molecular complexity index is 578. The van der Waals surface area contributed by atoms with Crippen molar-refractivity contribution >= 4 is 11.9 Å². The zero-order chi connectivity index (χ0) is 16.9. The van der Waals surface area contributed by atoms with Crippen molar-refractivity contribution in [3.8, 4) is 0 Å². The summed E-state index contributed by atoms with van der Waals surface area (Å²) < 4.78 is 0. The quantitative estimate of drug-likeness (QED) is 0.904. The zero-order valence-corrected chi connectivity index (χ0v) is 14.3. The van der Waals surface area contributed by atoms with Crippen LogP contribution in [0.25, 0.3) is 0 Å². The van der Waals surface area contributed by atoms with E-state index < -0.39 is 0 Å². The van der Waals surface area contributed by atoms with E-state index in [2.05, 4.69) is 22.3 Å². The molecule has 2 fully saturated rings. The molecule has 1 atom stereocenters. The number of hydrogen-bond donors (Lipinski definition) is 1. The number of urea groups is 1. The van der Waals surface area contributed by atoms with Crippen LogP contribution in [0.4, 0.5) is 4.79 Å². The van der Waals surface area contributed by atoms with Gasteiger partial charge in [0.2, 0.25) is 5.91 Å². The highest BCUT2D eigenvalue weighted by Gasteiger charge is 2.36. The molecule has 0 aliphatic carbocycles. The lowest BCUT2D eigenvalue weighted by molar-refractivity contribution is -0.132. The number of nitrogens with zero attached hydrogens (tertiary/aromatic N) is 3. The molecule has 130 valence electrons. The monoisotopic (exact) mass is 330 g/mol. The highest BCUT2D eigenvalue weighted by atomic mass is 16.2. The van der Waals surface area contributed by atoms with Gasteiger partial charge in [-0.05, 0) is 18.4 Å². The highest BCUT2D eigenvalue weighted by molar-refractivity contribution is 5.84.